The van der Waals surface area contributed by atoms with Crippen LogP contribution in [0.25, 0.3) is 11.2 Å². The zero-order chi connectivity index (χ0) is 24.2. The molecule has 34 heavy (non-hydrogen) atoms. The summed E-state index contributed by atoms with van der Waals surface area (Å²) in [6.07, 6.45) is 0.166. The molecule has 1 fully saturated rings. The molecule has 1 amide bonds. The molecule has 10 nitrogen and oxygen atoms in total. The van der Waals surface area contributed by atoms with Crippen molar-refractivity contribution in [1.29, 1.82) is 0 Å². The number of carboxylic acids is 1. The number of amides is 1. The molecule has 0 spiro atoms. The molecule has 3 heterocycles. The van der Waals surface area contributed by atoms with Crippen molar-refractivity contribution in [2.75, 3.05) is 37.0 Å². The summed E-state index contributed by atoms with van der Waals surface area (Å²) in [5.41, 5.74) is 1.43. The molecular formula is C24H27N5O5. The van der Waals surface area contributed by atoms with Crippen molar-refractivity contribution in [1.82, 2.24) is 14.5 Å². The third kappa shape index (κ3) is 4.62. The first kappa shape index (κ1) is 23.4. The Hall–Kier alpha value is -3.79. The van der Waals surface area contributed by atoms with E-state index in [-0.39, 0.29) is 36.7 Å². The van der Waals surface area contributed by atoms with Crippen molar-refractivity contribution >= 4 is 34.7 Å². The first-order valence-electron chi connectivity index (χ1n) is 11.2. The van der Waals surface area contributed by atoms with E-state index < -0.39 is 11.5 Å². The number of nitrogens with zero attached hydrogens (tertiary/aromatic N) is 4. The van der Waals surface area contributed by atoms with Crippen molar-refractivity contribution in [2.45, 2.75) is 31.7 Å². The van der Waals surface area contributed by atoms with Crippen LogP contribution in [0.3, 0.4) is 0 Å². The molecule has 2 atom stereocenters. The predicted molar refractivity (Wildman–Crippen MR) is 127 cm³/mol. The molecule has 10 heteroatoms. The summed E-state index contributed by atoms with van der Waals surface area (Å²) in [6, 6.07) is 12.9. The first-order valence-corrected chi connectivity index (χ1v) is 11.2. The summed E-state index contributed by atoms with van der Waals surface area (Å²) in [6.45, 7) is 2.59. The van der Waals surface area contributed by atoms with Gasteiger partial charge < -0.3 is 15.2 Å². The lowest BCUT2D eigenvalue weighted by Gasteiger charge is -2.23. The number of aromatic nitrogens is 3. The highest BCUT2D eigenvalue weighted by Gasteiger charge is 2.34. The summed E-state index contributed by atoms with van der Waals surface area (Å²) in [7, 11) is 1.64. The van der Waals surface area contributed by atoms with Gasteiger partial charge in [0, 0.05) is 25.9 Å². The Labute approximate surface area is 196 Å². The number of fused-ring (bicyclic) bond motifs is 1. The maximum absolute atomic E-state index is 13.6. The zero-order valence-corrected chi connectivity index (χ0v) is 19.1. The van der Waals surface area contributed by atoms with E-state index in [4.69, 9.17) is 9.84 Å². The normalized spacial score (nSPS) is 17.6. The van der Waals surface area contributed by atoms with Crippen LogP contribution in [0.15, 0.2) is 47.3 Å². The second kappa shape index (κ2) is 10.0. The van der Waals surface area contributed by atoms with Gasteiger partial charge >= 0.3 is 5.97 Å². The molecule has 1 aliphatic heterocycles. The smallest absolute Gasteiger partial charge is 0.305 e. The van der Waals surface area contributed by atoms with E-state index in [9.17, 15) is 14.4 Å². The fourth-order valence-electron chi connectivity index (χ4n) is 4.15. The first-order chi connectivity index (χ1) is 16.4. The Morgan fingerprint density at radius 2 is 1.94 bits per heavy atom. The summed E-state index contributed by atoms with van der Waals surface area (Å²) in [5, 5.41) is 11.8. The number of aliphatic carboxylic acids is 1. The van der Waals surface area contributed by atoms with E-state index in [1.165, 1.54) is 4.90 Å². The standard InChI is InChI=1S/C24H27N5O5/c1-3-20(30)28(2)19-10-9-17-23(27-19)29(24(33)22(26-17)25-12-11-21(31)32)18-14-34-13-16(18)15-7-5-4-6-8-15/h4-10,16,18H,3,11-14H2,1-2H3,(H,25,26)(H,31,32)/t16-,18+/m0/s1. The Bertz CT molecular complexity index is 1260. The van der Waals surface area contributed by atoms with E-state index in [2.05, 4.69) is 15.3 Å². The van der Waals surface area contributed by atoms with Crippen molar-refractivity contribution in [3.8, 4) is 0 Å². The molecule has 1 aliphatic rings. The van der Waals surface area contributed by atoms with Crippen LogP contribution < -0.4 is 15.8 Å². The number of rotatable bonds is 8. The number of anilines is 2. The van der Waals surface area contributed by atoms with Gasteiger partial charge in [-0.25, -0.2) is 9.97 Å². The number of hydrogen-bond acceptors (Lipinski definition) is 7. The van der Waals surface area contributed by atoms with Gasteiger partial charge in [-0.2, -0.15) is 0 Å². The van der Waals surface area contributed by atoms with E-state index in [1.54, 1.807) is 30.7 Å². The van der Waals surface area contributed by atoms with Crippen LogP contribution in [0.5, 0.6) is 0 Å². The molecule has 1 saturated heterocycles. The molecule has 0 bridgehead atoms. The number of hydrogen-bond donors (Lipinski definition) is 2. The van der Waals surface area contributed by atoms with E-state index in [0.717, 1.165) is 5.56 Å². The summed E-state index contributed by atoms with van der Waals surface area (Å²) < 4.78 is 7.37. The lowest BCUT2D eigenvalue weighted by molar-refractivity contribution is -0.136. The molecule has 2 N–H and O–H groups in total. The molecule has 0 radical (unpaired) electrons. The van der Waals surface area contributed by atoms with Gasteiger partial charge in [-0.3, -0.25) is 23.9 Å². The second-order valence-electron chi connectivity index (χ2n) is 8.15. The maximum atomic E-state index is 13.6. The molecule has 0 aliphatic carbocycles. The molecule has 3 aromatic rings. The van der Waals surface area contributed by atoms with Gasteiger partial charge in [0.2, 0.25) is 5.91 Å². The number of carboxylic acid groups (broad SMARTS) is 1. The van der Waals surface area contributed by atoms with E-state index >= 15 is 0 Å². The van der Waals surface area contributed by atoms with Crippen molar-refractivity contribution in [3.05, 3.63) is 58.4 Å². The van der Waals surface area contributed by atoms with Gasteiger partial charge in [0.25, 0.3) is 5.56 Å². The molecule has 2 aromatic heterocycles. The fourth-order valence-corrected chi connectivity index (χ4v) is 4.15. The Morgan fingerprint density at radius 1 is 1.18 bits per heavy atom. The van der Waals surface area contributed by atoms with Gasteiger partial charge in [-0.1, -0.05) is 37.3 Å². The van der Waals surface area contributed by atoms with Gasteiger partial charge in [0.1, 0.15) is 11.3 Å². The number of carbonyl (C=O) groups excluding carboxylic acids is 1. The number of benzene rings is 1. The zero-order valence-electron chi connectivity index (χ0n) is 19.1. The van der Waals surface area contributed by atoms with Crippen LogP contribution >= 0.6 is 0 Å². The van der Waals surface area contributed by atoms with Crippen LogP contribution in [0.2, 0.25) is 0 Å². The molecule has 1 aromatic carbocycles. The lowest BCUT2D eigenvalue weighted by atomic mass is 9.94. The maximum Gasteiger partial charge on any atom is 0.305 e. The van der Waals surface area contributed by atoms with E-state index in [0.29, 0.717) is 36.6 Å². The number of nitrogens with one attached hydrogen (secondary N) is 1. The SMILES string of the molecule is CCC(=O)N(C)c1ccc2nc(NCCC(=O)O)c(=O)n([C@@H]3COC[C@H]3c3ccccc3)c2n1. The number of carbonyl (C=O) groups is 2. The molecule has 4 rings (SSSR count). The van der Waals surface area contributed by atoms with Gasteiger partial charge in [-0.05, 0) is 17.7 Å². The van der Waals surface area contributed by atoms with Crippen molar-refractivity contribution < 1.29 is 19.4 Å². The van der Waals surface area contributed by atoms with E-state index in [1.807, 2.05) is 30.3 Å². The Kier molecular flexibility index (Phi) is 6.87. The minimum absolute atomic E-state index is 0.0556. The van der Waals surface area contributed by atoms with Crippen molar-refractivity contribution in [3.63, 3.8) is 0 Å². The van der Waals surface area contributed by atoms with Crippen LogP contribution in [0, 0.1) is 0 Å². The lowest BCUT2D eigenvalue weighted by Crippen LogP contribution is -2.33. The molecular weight excluding hydrogens is 438 g/mol. The Balaban J connectivity index is 1.86. The highest BCUT2D eigenvalue weighted by Crippen LogP contribution is 2.35. The van der Waals surface area contributed by atoms with Crippen LogP contribution in [-0.2, 0) is 14.3 Å². The molecule has 0 saturated carbocycles. The summed E-state index contributed by atoms with van der Waals surface area (Å²) in [4.78, 5) is 47.3. The average molecular weight is 466 g/mol. The van der Waals surface area contributed by atoms with Crippen molar-refractivity contribution in [2.24, 2.45) is 0 Å². The van der Waals surface area contributed by atoms with Crippen LogP contribution in [-0.4, -0.2) is 58.3 Å². The quantitative estimate of drug-likeness (QED) is 0.519. The topological polar surface area (TPSA) is 127 Å². The summed E-state index contributed by atoms with van der Waals surface area (Å²) in [5.74, 6) is -0.697. The largest absolute Gasteiger partial charge is 0.481 e. The minimum Gasteiger partial charge on any atom is -0.481 e. The van der Waals surface area contributed by atoms with Crippen LogP contribution in [0.4, 0.5) is 11.6 Å². The highest BCUT2D eigenvalue weighted by molar-refractivity contribution is 5.92. The third-order valence-electron chi connectivity index (χ3n) is 5.98. The fraction of sp³-hybridized carbons (Fsp3) is 0.375. The third-order valence-corrected chi connectivity index (χ3v) is 5.98. The predicted octanol–water partition coefficient (Wildman–Crippen LogP) is 2.41. The van der Waals surface area contributed by atoms with Gasteiger partial charge in [0.05, 0.1) is 25.7 Å². The number of ether oxygens (including phenoxy) is 1. The number of pyridine rings is 1. The Morgan fingerprint density at radius 3 is 2.65 bits per heavy atom. The molecule has 0 unspecified atom stereocenters. The van der Waals surface area contributed by atoms with Gasteiger partial charge in [-0.15, -0.1) is 0 Å². The highest BCUT2D eigenvalue weighted by atomic mass is 16.5. The average Bonchev–Trinajstić information content (AvgIpc) is 3.33. The van der Waals surface area contributed by atoms with Gasteiger partial charge in [0.15, 0.2) is 11.5 Å². The summed E-state index contributed by atoms with van der Waals surface area (Å²) >= 11 is 0. The minimum atomic E-state index is -0.975. The van der Waals surface area contributed by atoms with Crippen LogP contribution in [0.1, 0.15) is 37.3 Å². The molecule has 178 valence electrons. The second-order valence-corrected chi connectivity index (χ2v) is 8.15. The monoisotopic (exact) mass is 465 g/mol.